The van der Waals surface area contributed by atoms with Crippen molar-refractivity contribution in [2.75, 3.05) is 17.6 Å². The fourth-order valence-corrected chi connectivity index (χ4v) is 5.79. The number of anilines is 3. The summed E-state index contributed by atoms with van der Waals surface area (Å²) in [7, 11) is 0. The number of aromatic hydroxyl groups is 1. The summed E-state index contributed by atoms with van der Waals surface area (Å²) in [6.45, 7) is 1.10. The van der Waals surface area contributed by atoms with Gasteiger partial charge in [-0.2, -0.15) is 0 Å². The molecule has 5 rings (SSSR count). The van der Waals surface area contributed by atoms with Crippen molar-refractivity contribution in [3.05, 3.63) is 47.5 Å². The molecule has 1 saturated carbocycles. The molecule has 0 amide bonds. The molecule has 4 nitrogen and oxygen atoms in total. The van der Waals surface area contributed by atoms with Gasteiger partial charge in [0.1, 0.15) is 5.75 Å². The van der Waals surface area contributed by atoms with E-state index >= 15 is 0 Å². The predicted molar refractivity (Wildman–Crippen MR) is 106 cm³/mol. The number of piperidine rings is 1. The summed E-state index contributed by atoms with van der Waals surface area (Å²) in [6.07, 6.45) is 7.53. The van der Waals surface area contributed by atoms with E-state index in [1.165, 1.54) is 43.2 Å². The van der Waals surface area contributed by atoms with E-state index in [0.29, 0.717) is 11.8 Å². The highest BCUT2D eigenvalue weighted by molar-refractivity contribution is 5.69. The standard InChI is InChI=1S/C22H27N3O/c23-15-4-6-16(7-5-15)25-20-12-14-11-19-17-3-1-2-8-22(17,9-10-24-19)18(14)13-21(20)26/h4-7,12-13,17,19,24-26H,1-3,8-11,23H2/t17-,19+,22+/m1/s1. The third kappa shape index (κ3) is 2.39. The molecule has 2 aliphatic carbocycles. The number of nitrogens with one attached hydrogen (secondary N) is 2. The second kappa shape index (κ2) is 5.92. The van der Waals surface area contributed by atoms with Crippen LogP contribution in [-0.4, -0.2) is 17.7 Å². The van der Waals surface area contributed by atoms with Gasteiger partial charge in [-0.25, -0.2) is 0 Å². The first-order valence-electron chi connectivity index (χ1n) is 9.88. The van der Waals surface area contributed by atoms with Gasteiger partial charge >= 0.3 is 0 Å². The molecule has 1 heterocycles. The summed E-state index contributed by atoms with van der Waals surface area (Å²) in [5.41, 5.74) is 11.3. The third-order valence-electron chi connectivity index (χ3n) is 6.95. The van der Waals surface area contributed by atoms with Gasteiger partial charge in [0.15, 0.2) is 0 Å². The first-order chi connectivity index (χ1) is 12.7. The van der Waals surface area contributed by atoms with Crippen LogP contribution in [0.2, 0.25) is 0 Å². The van der Waals surface area contributed by atoms with Crippen LogP contribution in [0, 0.1) is 5.92 Å². The molecule has 26 heavy (non-hydrogen) atoms. The number of nitrogens with two attached hydrogens (primary N) is 1. The van der Waals surface area contributed by atoms with E-state index in [9.17, 15) is 5.11 Å². The zero-order valence-electron chi connectivity index (χ0n) is 15.1. The highest BCUT2D eigenvalue weighted by Gasteiger charge is 2.51. The molecule has 3 aliphatic rings. The summed E-state index contributed by atoms with van der Waals surface area (Å²) in [5.74, 6) is 1.09. The Morgan fingerprint density at radius 3 is 2.81 bits per heavy atom. The zero-order chi connectivity index (χ0) is 17.7. The molecule has 0 spiro atoms. The quantitative estimate of drug-likeness (QED) is 0.487. The van der Waals surface area contributed by atoms with Crippen LogP contribution >= 0.6 is 0 Å². The van der Waals surface area contributed by atoms with E-state index in [-0.39, 0.29) is 5.41 Å². The lowest BCUT2D eigenvalue weighted by Crippen LogP contribution is -2.59. The minimum atomic E-state index is 0.277. The Morgan fingerprint density at radius 2 is 1.96 bits per heavy atom. The Bertz CT molecular complexity index is 828. The van der Waals surface area contributed by atoms with E-state index in [2.05, 4.69) is 22.8 Å². The van der Waals surface area contributed by atoms with E-state index in [4.69, 9.17) is 5.73 Å². The number of fused-ring (bicyclic) bond motifs is 1. The molecule has 136 valence electrons. The Kier molecular flexibility index (Phi) is 3.64. The van der Waals surface area contributed by atoms with Gasteiger partial charge in [-0.05, 0) is 85.7 Å². The van der Waals surface area contributed by atoms with Crippen LogP contribution in [0.4, 0.5) is 17.1 Å². The Balaban J connectivity index is 1.55. The molecule has 2 bridgehead atoms. The number of benzene rings is 2. The normalized spacial score (nSPS) is 29.5. The SMILES string of the molecule is Nc1ccc(Nc2cc3c(cc2O)[C@]24CCCC[C@@H]2[C@H](C3)NCC4)cc1. The number of hydrogen-bond acceptors (Lipinski definition) is 4. The largest absolute Gasteiger partial charge is 0.506 e. The smallest absolute Gasteiger partial charge is 0.139 e. The van der Waals surface area contributed by atoms with Crippen molar-refractivity contribution in [3.8, 4) is 5.75 Å². The van der Waals surface area contributed by atoms with Crippen molar-refractivity contribution in [1.82, 2.24) is 5.32 Å². The van der Waals surface area contributed by atoms with Crippen LogP contribution in [0.25, 0.3) is 0 Å². The summed E-state index contributed by atoms with van der Waals surface area (Å²) in [6, 6.07) is 12.5. The molecule has 5 N–H and O–H groups in total. The zero-order valence-corrected chi connectivity index (χ0v) is 15.1. The average molecular weight is 349 g/mol. The minimum Gasteiger partial charge on any atom is -0.506 e. The highest BCUT2D eigenvalue weighted by Crippen LogP contribution is 2.55. The monoisotopic (exact) mass is 349 g/mol. The molecule has 3 atom stereocenters. The minimum absolute atomic E-state index is 0.277. The molecular formula is C22H27N3O. The third-order valence-corrected chi connectivity index (χ3v) is 6.95. The molecule has 2 aromatic rings. The van der Waals surface area contributed by atoms with Gasteiger partial charge < -0.3 is 21.5 Å². The van der Waals surface area contributed by atoms with Crippen LogP contribution in [0.15, 0.2) is 36.4 Å². The Morgan fingerprint density at radius 1 is 1.12 bits per heavy atom. The molecule has 2 fully saturated rings. The first-order valence-corrected chi connectivity index (χ1v) is 9.88. The van der Waals surface area contributed by atoms with Gasteiger partial charge in [0.25, 0.3) is 0 Å². The molecule has 2 aromatic carbocycles. The van der Waals surface area contributed by atoms with Gasteiger partial charge in [-0.15, -0.1) is 0 Å². The van der Waals surface area contributed by atoms with E-state index in [1.54, 1.807) is 0 Å². The summed E-state index contributed by atoms with van der Waals surface area (Å²) >= 11 is 0. The van der Waals surface area contributed by atoms with Crippen molar-refractivity contribution < 1.29 is 5.11 Å². The molecule has 0 aromatic heterocycles. The molecular weight excluding hydrogens is 322 g/mol. The summed E-state index contributed by atoms with van der Waals surface area (Å²) in [5, 5.41) is 17.9. The average Bonchev–Trinajstić information content (AvgIpc) is 2.65. The van der Waals surface area contributed by atoms with Crippen molar-refractivity contribution in [1.29, 1.82) is 0 Å². The second-order valence-corrected chi connectivity index (χ2v) is 8.30. The van der Waals surface area contributed by atoms with Crippen LogP contribution in [0.3, 0.4) is 0 Å². The van der Waals surface area contributed by atoms with Gasteiger partial charge in [0.2, 0.25) is 0 Å². The molecule has 1 saturated heterocycles. The Labute approximate surface area is 154 Å². The fourth-order valence-electron chi connectivity index (χ4n) is 5.79. The number of phenols is 1. The van der Waals surface area contributed by atoms with Gasteiger partial charge in [-0.3, -0.25) is 0 Å². The lowest BCUT2D eigenvalue weighted by Gasteiger charge is -2.56. The number of phenolic OH excluding ortho intramolecular Hbond substituents is 1. The molecule has 1 aliphatic heterocycles. The maximum absolute atomic E-state index is 10.8. The van der Waals surface area contributed by atoms with Crippen LogP contribution in [0.5, 0.6) is 5.75 Å². The van der Waals surface area contributed by atoms with Gasteiger partial charge in [-0.1, -0.05) is 12.8 Å². The van der Waals surface area contributed by atoms with E-state index in [1.807, 2.05) is 24.3 Å². The van der Waals surface area contributed by atoms with E-state index in [0.717, 1.165) is 35.9 Å². The summed E-state index contributed by atoms with van der Waals surface area (Å²) in [4.78, 5) is 0. The van der Waals surface area contributed by atoms with Crippen molar-refractivity contribution in [2.45, 2.75) is 50.0 Å². The fraction of sp³-hybridized carbons (Fsp3) is 0.455. The predicted octanol–water partition coefficient (Wildman–Crippen LogP) is 4.06. The maximum atomic E-state index is 10.8. The Hall–Kier alpha value is -2.20. The highest BCUT2D eigenvalue weighted by atomic mass is 16.3. The van der Waals surface area contributed by atoms with Crippen molar-refractivity contribution >= 4 is 17.1 Å². The number of hydrogen-bond donors (Lipinski definition) is 4. The van der Waals surface area contributed by atoms with Crippen LogP contribution in [-0.2, 0) is 11.8 Å². The topological polar surface area (TPSA) is 70.3 Å². The lowest BCUT2D eigenvalue weighted by atomic mass is 9.53. The van der Waals surface area contributed by atoms with Crippen molar-refractivity contribution in [2.24, 2.45) is 5.92 Å². The number of rotatable bonds is 2. The van der Waals surface area contributed by atoms with Crippen LogP contribution in [0.1, 0.15) is 43.2 Å². The van der Waals surface area contributed by atoms with Crippen LogP contribution < -0.4 is 16.4 Å². The van der Waals surface area contributed by atoms with Gasteiger partial charge in [0, 0.05) is 22.8 Å². The molecule has 0 radical (unpaired) electrons. The van der Waals surface area contributed by atoms with Crippen molar-refractivity contribution in [3.63, 3.8) is 0 Å². The maximum Gasteiger partial charge on any atom is 0.139 e. The van der Waals surface area contributed by atoms with Gasteiger partial charge in [0.05, 0.1) is 5.69 Å². The second-order valence-electron chi connectivity index (χ2n) is 8.30. The number of nitrogen functional groups attached to an aromatic ring is 1. The first kappa shape index (κ1) is 16.0. The molecule has 4 heteroatoms. The molecule has 0 unspecified atom stereocenters. The lowest BCUT2D eigenvalue weighted by molar-refractivity contribution is 0.0796. The summed E-state index contributed by atoms with van der Waals surface area (Å²) < 4.78 is 0. The van der Waals surface area contributed by atoms with E-state index < -0.39 is 0 Å².